The summed E-state index contributed by atoms with van der Waals surface area (Å²) < 4.78 is 42.4. The van der Waals surface area contributed by atoms with Crippen molar-refractivity contribution in [3.05, 3.63) is 95.3 Å². The van der Waals surface area contributed by atoms with Crippen LogP contribution in [-0.4, -0.2) is 44.3 Å². The van der Waals surface area contributed by atoms with E-state index in [2.05, 4.69) is 5.32 Å². The van der Waals surface area contributed by atoms with E-state index >= 15 is 0 Å². The summed E-state index contributed by atoms with van der Waals surface area (Å²) in [6.45, 7) is 9.57. The first-order valence-corrected chi connectivity index (χ1v) is 14.8. The van der Waals surface area contributed by atoms with E-state index in [4.69, 9.17) is 0 Å². The van der Waals surface area contributed by atoms with Crippen LogP contribution in [0.1, 0.15) is 43.9 Å². The number of benzene rings is 3. The third-order valence-electron chi connectivity index (χ3n) is 6.55. The van der Waals surface area contributed by atoms with Gasteiger partial charge < -0.3 is 10.2 Å². The fourth-order valence-corrected chi connectivity index (χ4v) is 5.62. The SMILES string of the molecule is CC[C@@H](C(=O)NCC(C)C)N(Cc1ccc(C)cc1)C(=O)CN(c1ccc(F)cc1)S(=O)(=O)c1ccc(C)cc1. The first kappa shape index (κ1) is 30.8. The van der Waals surface area contributed by atoms with Crippen molar-refractivity contribution in [1.82, 2.24) is 10.2 Å². The van der Waals surface area contributed by atoms with E-state index in [0.29, 0.717) is 13.0 Å². The maximum absolute atomic E-state index is 14.0. The van der Waals surface area contributed by atoms with E-state index in [1.165, 1.54) is 29.2 Å². The molecule has 0 spiro atoms. The largest absolute Gasteiger partial charge is 0.354 e. The van der Waals surface area contributed by atoms with Crippen molar-refractivity contribution in [2.75, 3.05) is 17.4 Å². The van der Waals surface area contributed by atoms with Crippen molar-refractivity contribution in [2.45, 2.75) is 58.5 Å². The van der Waals surface area contributed by atoms with Crippen LogP contribution in [0.4, 0.5) is 10.1 Å². The van der Waals surface area contributed by atoms with E-state index in [9.17, 15) is 22.4 Å². The average Bonchev–Trinajstić information content (AvgIpc) is 2.92. The fraction of sp³-hybridized carbons (Fsp3) is 0.355. The first-order chi connectivity index (χ1) is 18.9. The predicted molar refractivity (Wildman–Crippen MR) is 156 cm³/mol. The Morgan fingerprint density at radius 2 is 1.43 bits per heavy atom. The molecule has 40 heavy (non-hydrogen) atoms. The highest BCUT2D eigenvalue weighted by Gasteiger charge is 2.33. The smallest absolute Gasteiger partial charge is 0.264 e. The second kappa shape index (κ2) is 13.6. The van der Waals surface area contributed by atoms with Gasteiger partial charge in [-0.25, -0.2) is 12.8 Å². The molecule has 0 aliphatic carbocycles. The lowest BCUT2D eigenvalue weighted by Crippen LogP contribution is -2.52. The lowest BCUT2D eigenvalue weighted by molar-refractivity contribution is -0.140. The number of carbonyl (C=O) groups is 2. The minimum Gasteiger partial charge on any atom is -0.354 e. The van der Waals surface area contributed by atoms with Crippen LogP contribution in [0.25, 0.3) is 0 Å². The monoisotopic (exact) mass is 567 g/mol. The zero-order valence-electron chi connectivity index (χ0n) is 23.7. The second-order valence-corrected chi connectivity index (χ2v) is 12.2. The van der Waals surface area contributed by atoms with Crippen LogP contribution < -0.4 is 9.62 Å². The highest BCUT2D eigenvalue weighted by molar-refractivity contribution is 7.92. The Bertz CT molecular complexity index is 1390. The summed E-state index contributed by atoms with van der Waals surface area (Å²) in [6.07, 6.45) is 0.336. The van der Waals surface area contributed by atoms with Crippen molar-refractivity contribution in [2.24, 2.45) is 5.92 Å². The van der Waals surface area contributed by atoms with Gasteiger partial charge in [0.25, 0.3) is 10.0 Å². The Balaban J connectivity index is 2.03. The number of amides is 2. The first-order valence-electron chi connectivity index (χ1n) is 13.4. The summed E-state index contributed by atoms with van der Waals surface area (Å²) in [7, 11) is -4.20. The maximum Gasteiger partial charge on any atom is 0.264 e. The Morgan fingerprint density at radius 3 is 1.95 bits per heavy atom. The van der Waals surface area contributed by atoms with Crippen LogP contribution in [-0.2, 0) is 26.2 Å². The highest BCUT2D eigenvalue weighted by Crippen LogP contribution is 2.25. The number of rotatable bonds is 12. The van der Waals surface area contributed by atoms with E-state index < -0.39 is 34.3 Å². The predicted octanol–water partition coefficient (Wildman–Crippen LogP) is 5.22. The molecule has 0 fully saturated rings. The number of nitrogens with one attached hydrogen (secondary N) is 1. The molecule has 1 N–H and O–H groups in total. The Morgan fingerprint density at radius 1 is 0.875 bits per heavy atom. The number of sulfonamides is 1. The van der Waals surface area contributed by atoms with Crippen LogP contribution in [0, 0.1) is 25.6 Å². The Labute approximate surface area is 237 Å². The summed E-state index contributed by atoms with van der Waals surface area (Å²) in [5, 5.41) is 2.91. The number of carbonyl (C=O) groups excluding carboxylic acids is 2. The minimum atomic E-state index is -4.20. The molecule has 3 rings (SSSR count). The molecule has 2 amide bonds. The summed E-state index contributed by atoms with van der Waals surface area (Å²) >= 11 is 0. The van der Waals surface area contributed by atoms with Crippen molar-refractivity contribution >= 4 is 27.5 Å². The quantitative estimate of drug-likeness (QED) is 0.325. The number of halogens is 1. The molecule has 0 saturated heterocycles. The molecule has 0 saturated carbocycles. The lowest BCUT2D eigenvalue weighted by Gasteiger charge is -2.33. The van der Waals surface area contributed by atoms with Gasteiger partial charge in [-0.1, -0.05) is 68.3 Å². The number of nitrogens with zero attached hydrogens (tertiary/aromatic N) is 2. The fourth-order valence-electron chi connectivity index (χ4n) is 4.21. The van der Waals surface area contributed by atoms with Crippen LogP contribution in [0.5, 0.6) is 0 Å². The molecule has 0 aliphatic heterocycles. The van der Waals surface area contributed by atoms with Gasteiger partial charge in [0, 0.05) is 13.1 Å². The molecule has 0 bridgehead atoms. The molecule has 214 valence electrons. The van der Waals surface area contributed by atoms with Crippen LogP contribution in [0.3, 0.4) is 0 Å². The molecule has 0 radical (unpaired) electrons. The molecule has 1 atom stereocenters. The maximum atomic E-state index is 14.0. The van der Waals surface area contributed by atoms with Gasteiger partial charge in [0.05, 0.1) is 10.6 Å². The van der Waals surface area contributed by atoms with Crippen molar-refractivity contribution < 1.29 is 22.4 Å². The molecule has 0 unspecified atom stereocenters. The van der Waals surface area contributed by atoms with Gasteiger partial charge >= 0.3 is 0 Å². The van der Waals surface area contributed by atoms with Gasteiger partial charge in [-0.05, 0) is 68.1 Å². The highest BCUT2D eigenvalue weighted by atomic mass is 32.2. The lowest BCUT2D eigenvalue weighted by atomic mass is 10.1. The second-order valence-electron chi connectivity index (χ2n) is 10.4. The van der Waals surface area contributed by atoms with E-state index in [0.717, 1.165) is 33.1 Å². The molecule has 3 aromatic carbocycles. The van der Waals surface area contributed by atoms with Gasteiger partial charge in [-0.2, -0.15) is 0 Å². The molecule has 0 aromatic heterocycles. The third-order valence-corrected chi connectivity index (χ3v) is 8.33. The number of aryl methyl sites for hydroxylation is 2. The zero-order chi connectivity index (χ0) is 29.4. The zero-order valence-corrected chi connectivity index (χ0v) is 24.5. The average molecular weight is 568 g/mol. The molecular weight excluding hydrogens is 529 g/mol. The molecule has 0 aliphatic rings. The summed E-state index contributed by atoms with van der Waals surface area (Å²) in [5.41, 5.74) is 2.88. The van der Waals surface area contributed by atoms with Crippen LogP contribution in [0.15, 0.2) is 77.7 Å². The van der Waals surface area contributed by atoms with Crippen molar-refractivity contribution in [1.29, 1.82) is 0 Å². The van der Waals surface area contributed by atoms with E-state index in [1.54, 1.807) is 12.1 Å². The summed E-state index contributed by atoms with van der Waals surface area (Å²) in [5.74, 6) is -1.16. The van der Waals surface area contributed by atoms with Crippen molar-refractivity contribution in [3.8, 4) is 0 Å². The Kier molecular flexibility index (Phi) is 10.5. The normalized spacial score (nSPS) is 12.2. The van der Waals surface area contributed by atoms with Gasteiger partial charge in [0.2, 0.25) is 11.8 Å². The van der Waals surface area contributed by atoms with E-state index in [1.807, 2.05) is 58.9 Å². The van der Waals surface area contributed by atoms with Crippen LogP contribution in [0.2, 0.25) is 0 Å². The third kappa shape index (κ3) is 7.91. The molecule has 9 heteroatoms. The molecule has 7 nitrogen and oxygen atoms in total. The summed E-state index contributed by atoms with van der Waals surface area (Å²) in [4.78, 5) is 28.7. The van der Waals surface area contributed by atoms with E-state index in [-0.39, 0.29) is 29.0 Å². The summed E-state index contributed by atoms with van der Waals surface area (Å²) in [6, 6.07) is 18.0. The van der Waals surface area contributed by atoms with Gasteiger partial charge in [-0.15, -0.1) is 0 Å². The number of hydrogen-bond acceptors (Lipinski definition) is 4. The van der Waals surface area contributed by atoms with Crippen LogP contribution >= 0.6 is 0 Å². The Hall–Kier alpha value is -3.72. The van der Waals surface area contributed by atoms with Crippen molar-refractivity contribution in [3.63, 3.8) is 0 Å². The molecule has 0 heterocycles. The number of anilines is 1. The van der Waals surface area contributed by atoms with Gasteiger partial charge in [0.15, 0.2) is 0 Å². The molecular formula is C31H38FN3O4S. The van der Waals surface area contributed by atoms with Gasteiger partial charge in [0.1, 0.15) is 18.4 Å². The standard InChI is InChI=1S/C31H38FN3O4S/c1-6-29(31(37)33-19-22(2)3)34(20-25-11-7-23(4)8-12-25)30(36)21-35(27-15-13-26(32)14-16-27)40(38,39)28-17-9-24(5)10-18-28/h7-18,22,29H,6,19-21H2,1-5H3,(H,33,37)/t29-/m0/s1. The minimum absolute atomic E-state index is 0.00188. The van der Waals surface area contributed by atoms with Gasteiger partial charge in [-0.3, -0.25) is 13.9 Å². The number of hydrogen-bond donors (Lipinski definition) is 1. The topological polar surface area (TPSA) is 86.8 Å². The molecule has 3 aromatic rings.